The molecule has 0 aromatic rings. The number of amides is 1. The van der Waals surface area contributed by atoms with Gasteiger partial charge in [0.2, 0.25) is 5.91 Å². The maximum Gasteiger partial charge on any atom is 0.224 e. The van der Waals surface area contributed by atoms with Gasteiger partial charge in [-0.2, -0.15) is 0 Å². The van der Waals surface area contributed by atoms with E-state index in [1.165, 1.54) is 25.7 Å². The van der Waals surface area contributed by atoms with Gasteiger partial charge >= 0.3 is 0 Å². The van der Waals surface area contributed by atoms with Crippen molar-refractivity contribution in [3.8, 4) is 0 Å². The zero-order valence-corrected chi connectivity index (χ0v) is 11.2. The molecule has 0 radical (unpaired) electrons. The minimum absolute atomic E-state index is 0.164. The number of carbonyl (C=O) groups excluding carboxylic acids is 1. The molecule has 2 fully saturated rings. The van der Waals surface area contributed by atoms with E-state index in [1.807, 2.05) is 0 Å². The molecule has 2 atom stereocenters. The van der Waals surface area contributed by atoms with E-state index >= 15 is 0 Å². The Balaban J connectivity index is 1.93. The summed E-state index contributed by atoms with van der Waals surface area (Å²) in [5, 5.41) is 3.23. The number of hydrogen-bond acceptors (Lipinski definition) is 2. The lowest BCUT2D eigenvalue weighted by Crippen LogP contribution is -2.53. The van der Waals surface area contributed by atoms with Crippen LogP contribution >= 0.6 is 0 Å². The Kier molecular flexibility index (Phi) is 3.76. The van der Waals surface area contributed by atoms with E-state index in [0.29, 0.717) is 24.3 Å². The van der Waals surface area contributed by atoms with Gasteiger partial charge in [0.25, 0.3) is 0 Å². The third-order valence-electron chi connectivity index (χ3n) is 5.09. The Morgan fingerprint density at radius 3 is 2.18 bits per heavy atom. The second-order valence-corrected chi connectivity index (χ2v) is 5.82. The van der Waals surface area contributed by atoms with Gasteiger partial charge in [-0.1, -0.05) is 26.7 Å². The zero-order valence-electron chi connectivity index (χ0n) is 11.2. The van der Waals surface area contributed by atoms with Gasteiger partial charge in [0, 0.05) is 12.5 Å². The normalized spacial score (nSPS) is 31.8. The van der Waals surface area contributed by atoms with Crippen molar-refractivity contribution in [2.75, 3.05) is 6.54 Å². The average molecular weight is 238 g/mol. The van der Waals surface area contributed by atoms with E-state index in [-0.39, 0.29) is 11.4 Å². The summed E-state index contributed by atoms with van der Waals surface area (Å²) in [6, 6.07) is 0. The molecule has 2 aliphatic carbocycles. The number of rotatable bonds is 5. The van der Waals surface area contributed by atoms with Crippen LogP contribution in [0.1, 0.15) is 52.4 Å². The standard InChI is InChI=1S/C14H26N2O/c1-3-14(4-2,9-15)16-13(17)12-10-7-5-6-8-11(10)12/h10-12H,3-9,15H2,1-2H3,(H,16,17). The summed E-state index contributed by atoms with van der Waals surface area (Å²) in [6.45, 7) is 4.76. The SMILES string of the molecule is CCC(CC)(CN)NC(=O)C1C2CCCCC21. The Morgan fingerprint density at radius 2 is 1.76 bits per heavy atom. The molecule has 3 heteroatoms. The quantitative estimate of drug-likeness (QED) is 0.770. The number of nitrogens with two attached hydrogens (primary N) is 1. The molecular formula is C14H26N2O. The van der Waals surface area contributed by atoms with Crippen LogP contribution in [0.4, 0.5) is 0 Å². The maximum atomic E-state index is 12.3. The van der Waals surface area contributed by atoms with Crippen LogP contribution in [-0.4, -0.2) is 18.0 Å². The molecule has 0 bridgehead atoms. The molecule has 3 nitrogen and oxygen atoms in total. The summed E-state index contributed by atoms with van der Waals surface area (Å²) < 4.78 is 0. The Morgan fingerprint density at radius 1 is 1.24 bits per heavy atom. The van der Waals surface area contributed by atoms with Crippen molar-refractivity contribution in [3.63, 3.8) is 0 Å². The van der Waals surface area contributed by atoms with Crippen molar-refractivity contribution in [1.82, 2.24) is 5.32 Å². The number of hydrogen-bond donors (Lipinski definition) is 2. The van der Waals surface area contributed by atoms with Gasteiger partial charge in [0.1, 0.15) is 0 Å². The lowest BCUT2D eigenvalue weighted by molar-refractivity contribution is -0.124. The first kappa shape index (κ1) is 12.9. The highest BCUT2D eigenvalue weighted by molar-refractivity contribution is 5.83. The van der Waals surface area contributed by atoms with E-state index in [4.69, 9.17) is 5.73 Å². The highest BCUT2D eigenvalue weighted by Gasteiger charge is 2.55. The maximum absolute atomic E-state index is 12.3. The van der Waals surface area contributed by atoms with Crippen LogP contribution in [0.5, 0.6) is 0 Å². The van der Waals surface area contributed by atoms with Crippen LogP contribution < -0.4 is 11.1 Å². The van der Waals surface area contributed by atoms with E-state index in [2.05, 4.69) is 19.2 Å². The van der Waals surface area contributed by atoms with Gasteiger partial charge in [-0.05, 0) is 37.5 Å². The van der Waals surface area contributed by atoms with E-state index < -0.39 is 0 Å². The van der Waals surface area contributed by atoms with Crippen molar-refractivity contribution in [2.24, 2.45) is 23.5 Å². The van der Waals surface area contributed by atoms with Crippen LogP contribution in [0.2, 0.25) is 0 Å². The number of fused-ring (bicyclic) bond motifs is 1. The molecule has 3 N–H and O–H groups in total. The van der Waals surface area contributed by atoms with Crippen molar-refractivity contribution in [3.05, 3.63) is 0 Å². The van der Waals surface area contributed by atoms with Crippen molar-refractivity contribution < 1.29 is 4.79 Å². The molecule has 2 unspecified atom stereocenters. The van der Waals surface area contributed by atoms with Gasteiger partial charge in [-0.15, -0.1) is 0 Å². The lowest BCUT2D eigenvalue weighted by Gasteiger charge is -2.31. The highest BCUT2D eigenvalue weighted by Crippen LogP contribution is 2.55. The molecule has 0 heterocycles. The molecule has 98 valence electrons. The molecule has 0 saturated heterocycles. The molecule has 0 aliphatic heterocycles. The van der Waals surface area contributed by atoms with Crippen molar-refractivity contribution >= 4 is 5.91 Å². The summed E-state index contributed by atoms with van der Waals surface area (Å²) in [5.41, 5.74) is 5.67. The largest absolute Gasteiger partial charge is 0.349 e. The third-order valence-corrected chi connectivity index (χ3v) is 5.09. The molecule has 17 heavy (non-hydrogen) atoms. The first-order chi connectivity index (χ1) is 8.17. The van der Waals surface area contributed by atoms with Crippen LogP contribution in [-0.2, 0) is 4.79 Å². The summed E-state index contributed by atoms with van der Waals surface area (Å²) in [7, 11) is 0. The molecule has 2 aliphatic rings. The predicted molar refractivity (Wildman–Crippen MR) is 69.4 cm³/mol. The molecule has 2 rings (SSSR count). The second-order valence-electron chi connectivity index (χ2n) is 5.82. The summed E-state index contributed by atoms with van der Waals surface area (Å²) in [6.07, 6.45) is 7.00. The predicted octanol–water partition coefficient (Wildman–Crippen LogP) is 2.06. The fourth-order valence-electron chi connectivity index (χ4n) is 3.49. The fraction of sp³-hybridized carbons (Fsp3) is 0.929. The Labute approximate surface area is 105 Å². The Hall–Kier alpha value is -0.570. The van der Waals surface area contributed by atoms with Crippen molar-refractivity contribution in [2.45, 2.75) is 57.9 Å². The summed E-state index contributed by atoms with van der Waals surface area (Å²) in [5.74, 6) is 1.96. The van der Waals surface area contributed by atoms with Crippen LogP contribution in [0.3, 0.4) is 0 Å². The Bertz CT molecular complexity index is 266. The van der Waals surface area contributed by atoms with Crippen LogP contribution in [0.25, 0.3) is 0 Å². The van der Waals surface area contributed by atoms with Crippen molar-refractivity contribution in [1.29, 1.82) is 0 Å². The van der Waals surface area contributed by atoms with E-state index in [0.717, 1.165) is 12.8 Å². The lowest BCUT2D eigenvalue weighted by atomic mass is 9.92. The second kappa shape index (κ2) is 4.97. The van der Waals surface area contributed by atoms with Crippen LogP contribution in [0.15, 0.2) is 0 Å². The topological polar surface area (TPSA) is 55.1 Å². The molecular weight excluding hydrogens is 212 g/mol. The number of carbonyl (C=O) groups is 1. The molecule has 0 aromatic carbocycles. The summed E-state index contributed by atoms with van der Waals surface area (Å²) in [4.78, 5) is 12.3. The van der Waals surface area contributed by atoms with E-state index in [1.54, 1.807) is 0 Å². The molecule has 2 saturated carbocycles. The van der Waals surface area contributed by atoms with Gasteiger partial charge in [0.15, 0.2) is 0 Å². The van der Waals surface area contributed by atoms with Gasteiger partial charge in [-0.25, -0.2) is 0 Å². The minimum Gasteiger partial charge on any atom is -0.349 e. The van der Waals surface area contributed by atoms with E-state index in [9.17, 15) is 4.79 Å². The summed E-state index contributed by atoms with van der Waals surface area (Å²) >= 11 is 0. The molecule has 1 amide bonds. The third kappa shape index (κ3) is 2.35. The molecule has 0 spiro atoms. The minimum atomic E-state index is -0.164. The monoisotopic (exact) mass is 238 g/mol. The number of nitrogens with one attached hydrogen (secondary N) is 1. The average Bonchev–Trinajstić information content (AvgIpc) is 3.10. The zero-order chi connectivity index (χ0) is 12.5. The van der Waals surface area contributed by atoms with Crippen LogP contribution in [0, 0.1) is 17.8 Å². The smallest absolute Gasteiger partial charge is 0.224 e. The fourth-order valence-corrected chi connectivity index (χ4v) is 3.49. The highest BCUT2D eigenvalue weighted by atomic mass is 16.2. The van der Waals surface area contributed by atoms with Gasteiger partial charge < -0.3 is 11.1 Å². The van der Waals surface area contributed by atoms with Gasteiger partial charge in [-0.3, -0.25) is 4.79 Å². The van der Waals surface area contributed by atoms with Gasteiger partial charge in [0.05, 0.1) is 5.54 Å². The first-order valence-corrected chi connectivity index (χ1v) is 7.19. The first-order valence-electron chi connectivity index (χ1n) is 7.19. The molecule has 0 aromatic heterocycles.